The van der Waals surface area contributed by atoms with Crippen molar-refractivity contribution in [2.75, 3.05) is 0 Å². The van der Waals surface area contributed by atoms with Gasteiger partial charge in [-0.15, -0.1) is 0 Å². The molecule has 0 N–H and O–H groups in total. The standard InChI is InChI=1S/C12H20O2/c1-9(13)6-7-10-11(14)5-4-8-12(10,2)3/h10H,4-8H2,1-3H3. The molecule has 0 heterocycles. The van der Waals surface area contributed by atoms with E-state index >= 15 is 0 Å². The van der Waals surface area contributed by atoms with Crippen LogP contribution in [0.3, 0.4) is 0 Å². The Labute approximate surface area is 86.1 Å². The van der Waals surface area contributed by atoms with Crippen molar-refractivity contribution in [1.29, 1.82) is 0 Å². The Hall–Kier alpha value is -0.660. The van der Waals surface area contributed by atoms with Gasteiger partial charge >= 0.3 is 0 Å². The van der Waals surface area contributed by atoms with Crippen molar-refractivity contribution < 1.29 is 9.59 Å². The highest BCUT2D eigenvalue weighted by atomic mass is 16.1. The Morgan fingerprint density at radius 3 is 2.64 bits per heavy atom. The second kappa shape index (κ2) is 4.24. The summed E-state index contributed by atoms with van der Waals surface area (Å²) in [6.07, 6.45) is 4.15. The van der Waals surface area contributed by atoms with Crippen LogP contribution in [-0.4, -0.2) is 11.6 Å². The lowest BCUT2D eigenvalue weighted by molar-refractivity contribution is -0.130. The van der Waals surface area contributed by atoms with Gasteiger partial charge in [0.2, 0.25) is 0 Å². The van der Waals surface area contributed by atoms with Crippen molar-refractivity contribution in [3.05, 3.63) is 0 Å². The monoisotopic (exact) mass is 196 g/mol. The summed E-state index contributed by atoms with van der Waals surface area (Å²) < 4.78 is 0. The van der Waals surface area contributed by atoms with Crippen molar-refractivity contribution in [2.24, 2.45) is 11.3 Å². The summed E-state index contributed by atoms with van der Waals surface area (Å²) in [7, 11) is 0. The predicted octanol–water partition coefficient (Wildman–Crippen LogP) is 2.75. The molecule has 0 aromatic carbocycles. The summed E-state index contributed by atoms with van der Waals surface area (Å²) in [4.78, 5) is 22.6. The summed E-state index contributed by atoms with van der Waals surface area (Å²) in [5.74, 6) is 0.668. The maximum Gasteiger partial charge on any atom is 0.136 e. The van der Waals surface area contributed by atoms with E-state index in [0.29, 0.717) is 18.6 Å². The number of Topliss-reactive ketones (excluding diaryl/α,β-unsaturated/α-hetero) is 2. The van der Waals surface area contributed by atoms with E-state index in [1.54, 1.807) is 6.92 Å². The van der Waals surface area contributed by atoms with Gasteiger partial charge in [0.25, 0.3) is 0 Å². The molecule has 80 valence electrons. The molecule has 0 saturated heterocycles. The van der Waals surface area contributed by atoms with E-state index in [-0.39, 0.29) is 17.1 Å². The molecule has 0 bridgehead atoms. The van der Waals surface area contributed by atoms with Crippen LogP contribution in [0.1, 0.15) is 52.9 Å². The van der Waals surface area contributed by atoms with Gasteiger partial charge in [-0.1, -0.05) is 13.8 Å². The van der Waals surface area contributed by atoms with Gasteiger partial charge in [-0.05, 0) is 31.6 Å². The van der Waals surface area contributed by atoms with E-state index < -0.39 is 0 Å². The molecule has 1 fully saturated rings. The average Bonchev–Trinajstić information content (AvgIpc) is 2.01. The minimum Gasteiger partial charge on any atom is -0.300 e. The molecule has 1 atom stereocenters. The van der Waals surface area contributed by atoms with E-state index in [9.17, 15) is 9.59 Å². The average molecular weight is 196 g/mol. The van der Waals surface area contributed by atoms with Gasteiger partial charge in [0, 0.05) is 18.8 Å². The molecule has 0 aromatic heterocycles. The molecule has 1 unspecified atom stereocenters. The maximum absolute atomic E-state index is 11.7. The van der Waals surface area contributed by atoms with Crippen LogP contribution in [0, 0.1) is 11.3 Å². The summed E-state index contributed by atoms with van der Waals surface area (Å²) >= 11 is 0. The highest BCUT2D eigenvalue weighted by Crippen LogP contribution is 2.40. The zero-order chi connectivity index (χ0) is 10.8. The van der Waals surface area contributed by atoms with Crippen molar-refractivity contribution in [3.63, 3.8) is 0 Å². The summed E-state index contributed by atoms with van der Waals surface area (Å²) in [6.45, 7) is 5.89. The quantitative estimate of drug-likeness (QED) is 0.695. The zero-order valence-corrected chi connectivity index (χ0v) is 9.43. The highest BCUT2D eigenvalue weighted by Gasteiger charge is 2.37. The van der Waals surface area contributed by atoms with Crippen molar-refractivity contribution in [3.8, 4) is 0 Å². The third kappa shape index (κ3) is 2.66. The first-order valence-corrected chi connectivity index (χ1v) is 5.45. The van der Waals surface area contributed by atoms with Crippen LogP contribution in [-0.2, 0) is 9.59 Å². The smallest absolute Gasteiger partial charge is 0.136 e. The summed E-state index contributed by atoms with van der Waals surface area (Å²) in [6, 6.07) is 0. The van der Waals surface area contributed by atoms with Crippen LogP contribution < -0.4 is 0 Å². The maximum atomic E-state index is 11.7. The van der Waals surface area contributed by atoms with Gasteiger partial charge in [-0.25, -0.2) is 0 Å². The fraction of sp³-hybridized carbons (Fsp3) is 0.833. The van der Waals surface area contributed by atoms with Gasteiger partial charge in [0.15, 0.2) is 0 Å². The number of ketones is 2. The molecule has 1 aliphatic carbocycles. The second-order valence-electron chi connectivity index (χ2n) is 5.10. The molecule has 0 aliphatic heterocycles. The summed E-state index contributed by atoms with van der Waals surface area (Å²) in [5.41, 5.74) is 0.102. The lowest BCUT2D eigenvalue weighted by Crippen LogP contribution is -2.35. The SMILES string of the molecule is CC(=O)CCC1C(=O)CCCC1(C)C. The second-order valence-corrected chi connectivity index (χ2v) is 5.10. The normalized spacial score (nSPS) is 26.2. The van der Waals surface area contributed by atoms with Gasteiger partial charge in [0.1, 0.15) is 11.6 Å². The van der Waals surface area contributed by atoms with Crippen molar-refractivity contribution >= 4 is 11.6 Å². The van der Waals surface area contributed by atoms with Gasteiger partial charge in [-0.3, -0.25) is 4.79 Å². The van der Waals surface area contributed by atoms with Gasteiger partial charge in [0.05, 0.1) is 0 Å². The first-order valence-electron chi connectivity index (χ1n) is 5.45. The van der Waals surface area contributed by atoms with E-state index in [0.717, 1.165) is 19.3 Å². The van der Waals surface area contributed by atoms with Crippen LogP contribution in [0.5, 0.6) is 0 Å². The van der Waals surface area contributed by atoms with E-state index in [4.69, 9.17) is 0 Å². The molecule has 1 saturated carbocycles. The number of hydrogen-bond acceptors (Lipinski definition) is 2. The van der Waals surface area contributed by atoms with E-state index in [2.05, 4.69) is 13.8 Å². The number of carbonyl (C=O) groups is 2. The largest absolute Gasteiger partial charge is 0.300 e. The van der Waals surface area contributed by atoms with Gasteiger partial charge in [-0.2, -0.15) is 0 Å². The van der Waals surface area contributed by atoms with E-state index in [1.165, 1.54) is 0 Å². The highest BCUT2D eigenvalue weighted by molar-refractivity contribution is 5.83. The molecule has 0 radical (unpaired) electrons. The number of rotatable bonds is 3. The van der Waals surface area contributed by atoms with Crippen molar-refractivity contribution in [1.82, 2.24) is 0 Å². The molecular weight excluding hydrogens is 176 g/mol. The third-order valence-corrected chi connectivity index (χ3v) is 3.36. The van der Waals surface area contributed by atoms with Crippen LogP contribution in [0.15, 0.2) is 0 Å². The Balaban J connectivity index is 2.61. The van der Waals surface area contributed by atoms with E-state index in [1.807, 2.05) is 0 Å². The molecule has 1 aliphatic rings. The Morgan fingerprint density at radius 2 is 2.14 bits per heavy atom. The molecule has 1 rings (SSSR count). The molecular formula is C12H20O2. The molecule has 0 spiro atoms. The Morgan fingerprint density at radius 1 is 1.50 bits per heavy atom. The first-order chi connectivity index (χ1) is 6.43. The molecule has 2 heteroatoms. The Bertz CT molecular complexity index is 241. The minimum atomic E-state index is 0.102. The topological polar surface area (TPSA) is 34.1 Å². The van der Waals surface area contributed by atoms with Crippen LogP contribution in [0.25, 0.3) is 0 Å². The van der Waals surface area contributed by atoms with Crippen LogP contribution in [0.4, 0.5) is 0 Å². The molecule has 0 amide bonds. The molecule has 0 aromatic rings. The Kier molecular flexibility index (Phi) is 3.46. The predicted molar refractivity (Wildman–Crippen MR) is 56.0 cm³/mol. The van der Waals surface area contributed by atoms with Crippen LogP contribution in [0.2, 0.25) is 0 Å². The first kappa shape index (κ1) is 11.4. The van der Waals surface area contributed by atoms with Crippen LogP contribution >= 0.6 is 0 Å². The lowest BCUT2D eigenvalue weighted by atomic mass is 9.66. The lowest BCUT2D eigenvalue weighted by Gasteiger charge is -2.37. The van der Waals surface area contributed by atoms with Gasteiger partial charge < -0.3 is 4.79 Å². The molecule has 14 heavy (non-hydrogen) atoms. The number of hydrogen-bond donors (Lipinski definition) is 0. The fourth-order valence-electron chi connectivity index (χ4n) is 2.40. The summed E-state index contributed by atoms with van der Waals surface area (Å²) in [5, 5.41) is 0. The fourth-order valence-corrected chi connectivity index (χ4v) is 2.40. The minimum absolute atomic E-state index is 0.102. The van der Waals surface area contributed by atoms with Crippen molar-refractivity contribution in [2.45, 2.75) is 52.9 Å². The third-order valence-electron chi connectivity index (χ3n) is 3.36. The number of carbonyl (C=O) groups excluding carboxylic acids is 2. The molecule has 2 nitrogen and oxygen atoms in total. The zero-order valence-electron chi connectivity index (χ0n) is 9.43.